The molecule has 0 spiro atoms. The summed E-state index contributed by atoms with van der Waals surface area (Å²) in [6, 6.07) is -2.76. The lowest BCUT2D eigenvalue weighted by Gasteiger charge is -2.00. The number of hydrogen-bond donors (Lipinski definition) is 3. The summed E-state index contributed by atoms with van der Waals surface area (Å²) in [4.78, 5) is 0. The second-order valence-corrected chi connectivity index (χ2v) is 1.72. The van der Waals surface area contributed by atoms with E-state index >= 15 is 0 Å². The van der Waals surface area contributed by atoms with Crippen LogP contribution in [-0.4, -0.2) is 16.7 Å². The van der Waals surface area contributed by atoms with Crippen molar-refractivity contribution in [1.29, 1.82) is 0 Å². The molecule has 0 atom stereocenters. The third-order valence-electron chi connectivity index (χ3n) is 0.971. The van der Waals surface area contributed by atoms with Gasteiger partial charge in [0.15, 0.2) is 11.5 Å². The van der Waals surface area contributed by atoms with Crippen molar-refractivity contribution in [3.63, 3.8) is 0 Å². The SMILES string of the molecule is [2H]c1c([2H])c(C([2H])([2H])C([2H])([2H])N)c([2H])c(O)c1O. The van der Waals surface area contributed by atoms with Gasteiger partial charge in [-0.05, 0) is 30.5 Å². The molecule has 0 aliphatic heterocycles. The number of phenols is 2. The van der Waals surface area contributed by atoms with Crippen molar-refractivity contribution in [3.05, 3.63) is 23.7 Å². The number of hydrogen-bond acceptors (Lipinski definition) is 3. The predicted molar refractivity (Wildman–Crippen MR) is 42.5 cm³/mol. The lowest BCUT2D eigenvalue weighted by molar-refractivity contribution is 0.403. The molecule has 4 N–H and O–H groups in total. The van der Waals surface area contributed by atoms with Crippen LogP contribution in [0.1, 0.15) is 15.2 Å². The monoisotopic (exact) mass is 160 g/mol. The van der Waals surface area contributed by atoms with Gasteiger partial charge in [-0.15, -0.1) is 0 Å². The number of nitrogens with two attached hydrogens (primary N) is 1. The van der Waals surface area contributed by atoms with Crippen molar-refractivity contribution in [1.82, 2.24) is 0 Å². The van der Waals surface area contributed by atoms with E-state index in [1.165, 1.54) is 0 Å². The number of benzene rings is 1. The molecule has 1 rings (SSSR count). The van der Waals surface area contributed by atoms with Crippen LogP contribution in [0.5, 0.6) is 11.5 Å². The van der Waals surface area contributed by atoms with Gasteiger partial charge < -0.3 is 15.9 Å². The van der Waals surface area contributed by atoms with Gasteiger partial charge >= 0.3 is 0 Å². The summed E-state index contributed by atoms with van der Waals surface area (Å²) in [7, 11) is 0. The largest absolute Gasteiger partial charge is 0.504 e. The van der Waals surface area contributed by atoms with E-state index in [-0.39, 0.29) is 0 Å². The van der Waals surface area contributed by atoms with Gasteiger partial charge in [0.2, 0.25) is 0 Å². The Bertz CT molecular complexity index is 468. The lowest BCUT2D eigenvalue weighted by atomic mass is 10.1. The molecule has 0 aliphatic rings. The van der Waals surface area contributed by atoms with E-state index in [9.17, 15) is 10.2 Å². The van der Waals surface area contributed by atoms with Gasteiger partial charge in [-0.1, -0.05) is 6.04 Å². The van der Waals surface area contributed by atoms with Crippen molar-refractivity contribution >= 4 is 0 Å². The van der Waals surface area contributed by atoms with Gasteiger partial charge in [0.25, 0.3) is 0 Å². The van der Waals surface area contributed by atoms with Crippen LogP contribution < -0.4 is 5.73 Å². The van der Waals surface area contributed by atoms with Crippen molar-refractivity contribution < 1.29 is 19.8 Å². The smallest absolute Gasteiger partial charge is 0.157 e. The molecule has 0 fully saturated rings. The number of phenolic OH excluding ortho intramolecular Hbond substituents is 2. The van der Waals surface area contributed by atoms with Gasteiger partial charge in [0, 0.05) is 5.48 Å². The fraction of sp³-hybridized carbons (Fsp3) is 0.250. The first-order valence-corrected chi connectivity index (χ1v) is 2.74. The highest BCUT2D eigenvalue weighted by Crippen LogP contribution is 2.24. The van der Waals surface area contributed by atoms with E-state index in [1.807, 2.05) is 0 Å². The standard InChI is InChI=1S/C8H11NO2/c9-4-3-6-1-2-7(10)8(11)5-6/h1-2,5,10-11H,3-4,9H2/i1D,2D,3D2,4D2,5D. The molecular weight excluding hydrogens is 142 g/mol. The highest BCUT2D eigenvalue weighted by atomic mass is 16.3. The van der Waals surface area contributed by atoms with Crippen LogP contribution in [0.2, 0.25) is 0 Å². The van der Waals surface area contributed by atoms with Crippen molar-refractivity contribution in [3.8, 4) is 11.5 Å². The molecular formula is C8H11NO2. The van der Waals surface area contributed by atoms with Gasteiger partial charge in [-0.3, -0.25) is 0 Å². The summed E-state index contributed by atoms with van der Waals surface area (Å²) in [6.07, 6.45) is -2.97. The summed E-state index contributed by atoms with van der Waals surface area (Å²) in [6.45, 7) is -2.92. The zero-order valence-electron chi connectivity index (χ0n) is 12.5. The van der Waals surface area contributed by atoms with E-state index in [0.717, 1.165) is 0 Å². The fourth-order valence-electron chi connectivity index (χ4n) is 0.524. The molecule has 0 bridgehead atoms. The Morgan fingerprint density at radius 1 is 1.45 bits per heavy atom. The first kappa shape index (κ1) is 2.68. The van der Waals surface area contributed by atoms with Gasteiger partial charge in [0.1, 0.15) is 0 Å². The highest BCUT2D eigenvalue weighted by Gasteiger charge is 1.98. The molecule has 1 aromatic rings. The molecule has 0 aliphatic carbocycles. The Labute approximate surface area is 74.9 Å². The summed E-state index contributed by atoms with van der Waals surface area (Å²) >= 11 is 0. The third-order valence-corrected chi connectivity index (χ3v) is 0.971. The Hall–Kier alpha value is -1.22. The third kappa shape index (κ3) is 1.85. The second-order valence-electron chi connectivity index (χ2n) is 1.72. The minimum Gasteiger partial charge on any atom is -0.504 e. The summed E-state index contributed by atoms with van der Waals surface area (Å²) in [5, 5.41) is 18.6. The molecule has 3 heteroatoms. The quantitative estimate of drug-likeness (QED) is 0.555. The number of aromatic hydroxyl groups is 2. The maximum absolute atomic E-state index is 9.35. The lowest BCUT2D eigenvalue weighted by Crippen LogP contribution is -2.02. The van der Waals surface area contributed by atoms with E-state index in [1.54, 1.807) is 0 Å². The first-order chi connectivity index (χ1) is 7.93. The molecule has 11 heavy (non-hydrogen) atoms. The maximum Gasteiger partial charge on any atom is 0.157 e. The van der Waals surface area contributed by atoms with Crippen LogP contribution in [0.25, 0.3) is 0 Å². The van der Waals surface area contributed by atoms with Gasteiger partial charge in [-0.2, -0.15) is 0 Å². The Morgan fingerprint density at radius 3 is 2.82 bits per heavy atom. The molecule has 0 aromatic heterocycles. The van der Waals surface area contributed by atoms with Crippen LogP contribution in [0.4, 0.5) is 0 Å². The average Bonchev–Trinajstić information content (AvgIpc) is 2.22. The molecule has 0 saturated carbocycles. The Kier molecular flexibility index (Phi) is 0.792. The predicted octanol–water partition coefficient (Wildman–Crippen LogP) is 0.599. The van der Waals surface area contributed by atoms with Crippen LogP contribution in [-0.2, 0) is 6.37 Å². The van der Waals surface area contributed by atoms with Crippen LogP contribution in [0.3, 0.4) is 0 Å². The number of rotatable bonds is 2. The zero-order chi connectivity index (χ0) is 14.5. The topological polar surface area (TPSA) is 66.5 Å². The van der Waals surface area contributed by atoms with Crippen LogP contribution in [0.15, 0.2) is 18.1 Å². The van der Waals surface area contributed by atoms with Crippen LogP contribution in [0, 0.1) is 0 Å². The molecule has 0 saturated heterocycles. The summed E-state index contributed by atoms with van der Waals surface area (Å²) < 4.78 is 51.5. The van der Waals surface area contributed by atoms with E-state index in [2.05, 4.69) is 0 Å². The minimum atomic E-state index is -2.97. The van der Waals surface area contributed by atoms with E-state index < -0.39 is 48.1 Å². The molecule has 0 radical (unpaired) electrons. The molecule has 0 heterocycles. The van der Waals surface area contributed by atoms with Gasteiger partial charge in [0.05, 0.1) is 4.11 Å². The average molecular weight is 160 g/mol. The van der Waals surface area contributed by atoms with Crippen molar-refractivity contribution in [2.75, 3.05) is 6.50 Å². The van der Waals surface area contributed by atoms with Crippen LogP contribution >= 0.6 is 0 Å². The molecule has 0 amide bonds. The molecule has 3 nitrogen and oxygen atoms in total. The minimum absolute atomic E-state index is 0.879. The van der Waals surface area contributed by atoms with E-state index in [0.29, 0.717) is 0 Å². The maximum atomic E-state index is 9.35. The Balaban J connectivity index is 3.72. The summed E-state index contributed by atoms with van der Waals surface area (Å²) in [5.41, 5.74) is 4.13. The normalized spacial score (nSPS) is 21.7. The van der Waals surface area contributed by atoms with Crippen molar-refractivity contribution in [2.24, 2.45) is 5.73 Å². The van der Waals surface area contributed by atoms with Gasteiger partial charge in [-0.25, -0.2) is 0 Å². The molecule has 1 aromatic carbocycles. The Morgan fingerprint density at radius 2 is 2.18 bits per heavy atom. The van der Waals surface area contributed by atoms with Crippen molar-refractivity contribution in [2.45, 2.75) is 6.37 Å². The first-order valence-electron chi connectivity index (χ1n) is 6.24. The molecule has 60 valence electrons. The zero-order valence-corrected chi connectivity index (χ0v) is 5.47. The second kappa shape index (κ2) is 3.25. The summed E-state index contributed by atoms with van der Waals surface area (Å²) in [5.74, 6) is -2.11. The fourth-order valence-corrected chi connectivity index (χ4v) is 0.524. The highest BCUT2D eigenvalue weighted by molar-refractivity contribution is 5.40. The van der Waals surface area contributed by atoms with E-state index in [4.69, 9.17) is 15.3 Å². The molecule has 0 unspecified atom stereocenters.